The molecular formula is C17H11Br2ClN4O4. The molecule has 28 heavy (non-hydrogen) atoms. The molecular weight excluding hydrogens is 519 g/mol. The van der Waals surface area contributed by atoms with E-state index in [9.17, 15) is 14.9 Å². The molecule has 1 aromatic heterocycles. The van der Waals surface area contributed by atoms with Gasteiger partial charge in [-0.15, -0.1) is 0 Å². The number of hydrogen-bond acceptors (Lipinski definition) is 5. The molecule has 0 atom stereocenters. The van der Waals surface area contributed by atoms with Crippen molar-refractivity contribution >= 4 is 60.7 Å². The first-order valence-corrected chi connectivity index (χ1v) is 9.66. The summed E-state index contributed by atoms with van der Waals surface area (Å²) >= 11 is 12.3. The number of nitrogens with zero attached hydrogens (tertiary/aromatic N) is 3. The van der Waals surface area contributed by atoms with E-state index in [1.165, 1.54) is 22.9 Å². The van der Waals surface area contributed by atoms with E-state index in [2.05, 4.69) is 42.3 Å². The highest BCUT2D eigenvalue weighted by molar-refractivity contribution is 9.11. The Labute approximate surface area is 180 Å². The summed E-state index contributed by atoms with van der Waals surface area (Å²) in [5, 5.41) is 18.3. The second-order valence-electron chi connectivity index (χ2n) is 5.46. The van der Waals surface area contributed by atoms with E-state index >= 15 is 0 Å². The van der Waals surface area contributed by atoms with Gasteiger partial charge in [0.2, 0.25) is 0 Å². The highest BCUT2D eigenvalue weighted by Crippen LogP contribution is 2.35. The lowest BCUT2D eigenvalue weighted by Crippen LogP contribution is -2.15. The Morgan fingerprint density at radius 2 is 1.86 bits per heavy atom. The largest absolute Gasteiger partial charge is 0.471 e. The number of benzene rings is 2. The van der Waals surface area contributed by atoms with Crippen LogP contribution in [-0.2, 0) is 6.73 Å². The normalized spacial score (nSPS) is 10.5. The molecule has 0 aliphatic rings. The highest BCUT2D eigenvalue weighted by atomic mass is 79.9. The Hall–Kier alpha value is -2.43. The first kappa shape index (κ1) is 20.3. The van der Waals surface area contributed by atoms with Gasteiger partial charge >= 0.3 is 0 Å². The van der Waals surface area contributed by atoms with Crippen LogP contribution in [0.5, 0.6) is 5.75 Å². The summed E-state index contributed by atoms with van der Waals surface area (Å²) in [5.41, 5.74) is 0.416. The molecule has 144 valence electrons. The fraction of sp³-hybridized carbons (Fsp3) is 0.0588. The van der Waals surface area contributed by atoms with Crippen molar-refractivity contribution in [3.05, 3.63) is 78.4 Å². The number of nitro groups is 1. The van der Waals surface area contributed by atoms with Crippen molar-refractivity contribution in [1.29, 1.82) is 0 Å². The maximum absolute atomic E-state index is 12.4. The van der Waals surface area contributed by atoms with Crippen LogP contribution < -0.4 is 10.1 Å². The number of carbonyl (C=O) groups excluding carboxylic acids is 1. The Balaban J connectivity index is 1.67. The van der Waals surface area contributed by atoms with Crippen LogP contribution in [0, 0.1) is 10.1 Å². The summed E-state index contributed by atoms with van der Waals surface area (Å²) < 4.78 is 7.76. The van der Waals surface area contributed by atoms with Crippen molar-refractivity contribution in [3.8, 4) is 5.75 Å². The molecule has 0 aliphatic carbocycles. The molecule has 11 heteroatoms. The maximum Gasteiger partial charge on any atom is 0.276 e. The van der Waals surface area contributed by atoms with Crippen LogP contribution in [0.2, 0.25) is 5.02 Å². The van der Waals surface area contributed by atoms with Crippen LogP contribution in [0.4, 0.5) is 11.4 Å². The number of ether oxygens (including phenoxy) is 1. The summed E-state index contributed by atoms with van der Waals surface area (Å²) in [6.07, 6.45) is 1.60. The average Bonchev–Trinajstić information content (AvgIpc) is 3.13. The molecule has 1 N–H and O–H groups in total. The molecule has 0 saturated carbocycles. The third kappa shape index (κ3) is 4.89. The van der Waals surface area contributed by atoms with Crippen LogP contribution in [0.1, 0.15) is 10.5 Å². The monoisotopic (exact) mass is 528 g/mol. The van der Waals surface area contributed by atoms with E-state index in [0.717, 1.165) is 0 Å². The van der Waals surface area contributed by atoms with Gasteiger partial charge in [0.05, 0.1) is 10.6 Å². The number of aromatic nitrogens is 2. The molecule has 0 aliphatic heterocycles. The van der Waals surface area contributed by atoms with Crippen molar-refractivity contribution in [2.24, 2.45) is 0 Å². The second kappa shape index (κ2) is 8.72. The van der Waals surface area contributed by atoms with Crippen LogP contribution >= 0.6 is 43.5 Å². The van der Waals surface area contributed by atoms with Gasteiger partial charge in [0, 0.05) is 32.3 Å². The quantitative estimate of drug-likeness (QED) is 0.346. The van der Waals surface area contributed by atoms with E-state index in [-0.39, 0.29) is 18.1 Å². The number of amides is 1. The van der Waals surface area contributed by atoms with Gasteiger partial charge in [-0.2, -0.15) is 5.10 Å². The standard InChI is InChI=1S/C17H11Br2ClN4O4/c18-13-7-11(24(26)27)8-14(19)16(13)21-17(25)15-5-6-23(22-15)9-28-12-3-1-10(20)2-4-12/h1-8H,9H2,(H,21,25). The van der Waals surface area contributed by atoms with Gasteiger partial charge in [-0.3, -0.25) is 14.9 Å². The smallest absolute Gasteiger partial charge is 0.276 e. The van der Waals surface area contributed by atoms with Gasteiger partial charge in [-0.25, -0.2) is 4.68 Å². The van der Waals surface area contributed by atoms with Crippen molar-refractivity contribution in [2.45, 2.75) is 6.73 Å². The van der Waals surface area contributed by atoms with E-state index in [1.807, 2.05) is 0 Å². The van der Waals surface area contributed by atoms with Gasteiger partial charge < -0.3 is 10.1 Å². The van der Waals surface area contributed by atoms with Crippen LogP contribution in [0.25, 0.3) is 0 Å². The number of nitro benzene ring substituents is 1. The summed E-state index contributed by atoms with van der Waals surface area (Å²) in [5.74, 6) is 0.144. The average molecular weight is 531 g/mol. The zero-order chi connectivity index (χ0) is 20.3. The number of nitrogens with one attached hydrogen (secondary N) is 1. The molecule has 0 fully saturated rings. The molecule has 0 saturated heterocycles. The summed E-state index contributed by atoms with van der Waals surface area (Å²) in [4.78, 5) is 22.8. The number of carbonyl (C=O) groups is 1. The number of rotatable bonds is 6. The Morgan fingerprint density at radius 1 is 1.21 bits per heavy atom. The van der Waals surface area contributed by atoms with Crippen molar-refractivity contribution in [3.63, 3.8) is 0 Å². The first-order valence-electron chi connectivity index (χ1n) is 7.70. The van der Waals surface area contributed by atoms with Gasteiger partial charge in [0.15, 0.2) is 12.4 Å². The minimum absolute atomic E-state index is 0.111. The van der Waals surface area contributed by atoms with Crippen LogP contribution in [0.3, 0.4) is 0 Å². The number of anilines is 1. The molecule has 0 radical (unpaired) electrons. The van der Waals surface area contributed by atoms with E-state index in [1.54, 1.807) is 30.5 Å². The predicted octanol–water partition coefficient (Wildman–Crippen LogP) is 5.26. The molecule has 1 amide bonds. The number of non-ortho nitro benzene ring substituents is 1. The van der Waals surface area contributed by atoms with Crippen molar-refractivity contribution in [1.82, 2.24) is 9.78 Å². The van der Waals surface area contributed by atoms with Crippen molar-refractivity contribution in [2.75, 3.05) is 5.32 Å². The fourth-order valence-corrected chi connectivity index (χ4v) is 3.67. The Morgan fingerprint density at radius 3 is 2.46 bits per heavy atom. The third-order valence-electron chi connectivity index (χ3n) is 3.53. The molecule has 1 heterocycles. The van der Waals surface area contributed by atoms with Gasteiger partial charge in [-0.05, 0) is 62.2 Å². The van der Waals surface area contributed by atoms with Gasteiger partial charge in [0.1, 0.15) is 5.75 Å². The molecule has 0 unspecified atom stereocenters. The summed E-state index contributed by atoms with van der Waals surface area (Å²) in [6.45, 7) is 0.111. The minimum atomic E-state index is -0.524. The first-order chi connectivity index (χ1) is 13.3. The van der Waals surface area contributed by atoms with E-state index in [0.29, 0.717) is 25.4 Å². The fourth-order valence-electron chi connectivity index (χ4n) is 2.19. The molecule has 3 aromatic rings. The van der Waals surface area contributed by atoms with E-state index in [4.69, 9.17) is 16.3 Å². The van der Waals surface area contributed by atoms with Gasteiger partial charge in [-0.1, -0.05) is 11.6 Å². The zero-order valence-corrected chi connectivity index (χ0v) is 17.9. The number of halogens is 3. The molecule has 0 bridgehead atoms. The molecule has 3 rings (SSSR count). The van der Waals surface area contributed by atoms with Crippen molar-refractivity contribution < 1.29 is 14.5 Å². The molecule has 8 nitrogen and oxygen atoms in total. The SMILES string of the molecule is O=C(Nc1c(Br)cc([N+](=O)[O-])cc1Br)c1ccn(COc2ccc(Cl)cc2)n1. The Kier molecular flexibility index (Phi) is 6.32. The van der Waals surface area contributed by atoms with E-state index < -0.39 is 10.8 Å². The maximum atomic E-state index is 12.4. The third-order valence-corrected chi connectivity index (χ3v) is 5.03. The highest BCUT2D eigenvalue weighted by Gasteiger charge is 2.18. The lowest BCUT2D eigenvalue weighted by atomic mass is 10.2. The lowest BCUT2D eigenvalue weighted by molar-refractivity contribution is -0.385. The molecule has 0 spiro atoms. The second-order valence-corrected chi connectivity index (χ2v) is 7.61. The van der Waals surface area contributed by atoms with Gasteiger partial charge in [0.25, 0.3) is 11.6 Å². The van der Waals surface area contributed by atoms with Crippen LogP contribution in [0.15, 0.2) is 57.6 Å². The predicted molar refractivity (Wildman–Crippen MR) is 111 cm³/mol. The summed E-state index contributed by atoms with van der Waals surface area (Å²) in [7, 11) is 0. The topological polar surface area (TPSA) is 99.3 Å². The Bertz CT molecular complexity index is 1020. The zero-order valence-electron chi connectivity index (χ0n) is 13.9. The summed E-state index contributed by atoms with van der Waals surface area (Å²) in [6, 6.07) is 11.0. The molecule has 2 aromatic carbocycles. The lowest BCUT2D eigenvalue weighted by Gasteiger charge is -2.09. The number of hydrogen-bond donors (Lipinski definition) is 1. The van der Waals surface area contributed by atoms with Crippen LogP contribution in [-0.4, -0.2) is 20.6 Å². The minimum Gasteiger partial charge on any atom is -0.471 e.